The van der Waals surface area contributed by atoms with E-state index < -0.39 is 5.97 Å². The third-order valence-electron chi connectivity index (χ3n) is 2.36. The Balaban J connectivity index is 3.48. The normalized spacial score (nSPS) is 13.1. The van der Waals surface area contributed by atoms with Gasteiger partial charge in [-0.2, -0.15) is 17.0 Å². The first-order valence-electron chi connectivity index (χ1n) is 5.62. The molecule has 3 nitrogen and oxygen atoms in total. The van der Waals surface area contributed by atoms with E-state index >= 15 is 0 Å². The summed E-state index contributed by atoms with van der Waals surface area (Å²) in [4.78, 5) is 10.4. The molecule has 0 aromatic rings. The lowest BCUT2D eigenvalue weighted by Crippen LogP contribution is -2.08. The lowest BCUT2D eigenvalue weighted by molar-refractivity contribution is -0.136. The summed E-state index contributed by atoms with van der Waals surface area (Å²) < 4.78 is 0. The topological polar surface area (TPSA) is 61.1 Å². The van der Waals surface area contributed by atoms with Gasteiger partial charge >= 0.3 is 5.97 Å². The molecular formula is C12H21NO2S. The summed E-state index contributed by atoms with van der Waals surface area (Å²) in [5, 5.41) is 17.6. The Labute approximate surface area is 102 Å². The molecule has 4 heteroatoms. The molecule has 0 spiro atoms. The van der Waals surface area contributed by atoms with Gasteiger partial charge in [0, 0.05) is 5.25 Å². The zero-order valence-corrected chi connectivity index (χ0v) is 11.1. The summed E-state index contributed by atoms with van der Waals surface area (Å²) in [6, 6.07) is 2.28. The summed E-state index contributed by atoms with van der Waals surface area (Å²) in [5.74, 6) is 0.251. The SMILES string of the molecule is CC(CC(=O)O)SCCCCC(C)(C)C#N. The molecule has 1 unspecified atom stereocenters. The number of thioether (sulfide) groups is 1. The van der Waals surface area contributed by atoms with E-state index in [0.29, 0.717) is 0 Å². The smallest absolute Gasteiger partial charge is 0.304 e. The third kappa shape index (κ3) is 8.60. The molecule has 0 heterocycles. The van der Waals surface area contributed by atoms with E-state index in [9.17, 15) is 4.79 Å². The van der Waals surface area contributed by atoms with E-state index in [2.05, 4.69) is 6.07 Å². The fraction of sp³-hybridized carbons (Fsp3) is 0.833. The number of nitriles is 1. The molecule has 0 aromatic heterocycles. The number of nitrogens with zero attached hydrogens (tertiary/aromatic N) is 1. The molecule has 0 saturated heterocycles. The molecule has 0 bridgehead atoms. The van der Waals surface area contributed by atoms with Crippen molar-refractivity contribution in [3.05, 3.63) is 0 Å². The molecule has 0 fully saturated rings. The van der Waals surface area contributed by atoms with Crippen LogP contribution in [0.5, 0.6) is 0 Å². The van der Waals surface area contributed by atoms with E-state index in [1.54, 1.807) is 11.8 Å². The number of aliphatic carboxylic acids is 1. The minimum atomic E-state index is -0.731. The van der Waals surface area contributed by atoms with Crippen molar-refractivity contribution in [2.75, 3.05) is 5.75 Å². The Kier molecular flexibility index (Phi) is 7.24. The maximum absolute atomic E-state index is 10.4. The number of unbranched alkanes of at least 4 members (excludes halogenated alkanes) is 1. The molecule has 16 heavy (non-hydrogen) atoms. The van der Waals surface area contributed by atoms with Crippen LogP contribution in [0, 0.1) is 16.7 Å². The fourth-order valence-corrected chi connectivity index (χ4v) is 2.35. The van der Waals surface area contributed by atoms with Crippen LogP contribution >= 0.6 is 11.8 Å². The summed E-state index contributed by atoms with van der Waals surface area (Å²) >= 11 is 1.70. The number of carboxylic acids is 1. The number of hydrogen-bond acceptors (Lipinski definition) is 3. The van der Waals surface area contributed by atoms with Crippen LogP contribution in [0.15, 0.2) is 0 Å². The van der Waals surface area contributed by atoms with Crippen molar-refractivity contribution in [1.29, 1.82) is 5.26 Å². The van der Waals surface area contributed by atoms with Gasteiger partial charge in [0.25, 0.3) is 0 Å². The van der Waals surface area contributed by atoms with Gasteiger partial charge in [-0.15, -0.1) is 0 Å². The van der Waals surface area contributed by atoms with Gasteiger partial charge in [-0.25, -0.2) is 0 Å². The van der Waals surface area contributed by atoms with Gasteiger partial charge in [-0.05, 0) is 32.4 Å². The summed E-state index contributed by atoms with van der Waals surface area (Å²) in [5.41, 5.74) is -0.225. The van der Waals surface area contributed by atoms with Gasteiger partial charge in [-0.3, -0.25) is 4.79 Å². The standard InChI is InChI=1S/C12H21NO2S/c1-10(8-11(14)15)16-7-5-4-6-12(2,3)9-13/h10H,4-8H2,1-3H3,(H,14,15). The number of rotatable bonds is 8. The Hall–Kier alpha value is -0.690. The van der Waals surface area contributed by atoms with Crippen LogP contribution in [0.2, 0.25) is 0 Å². The minimum Gasteiger partial charge on any atom is -0.481 e. The maximum atomic E-state index is 10.4. The van der Waals surface area contributed by atoms with Crippen LogP contribution in [0.4, 0.5) is 0 Å². The lowest BCUT2D eigenvalue weighted by Gasteiger charge is -2.14. The van der Waals surface area contributed by atoms with E-state index in [-0.39, 0.29) is 17.1 Å². The molecule has 0 aliphatic carbocycles. The molecule has 92 valence electrons. The maximum Gasteiger partial charge on any atom is 0.304 e. The summed E-state index contributed by atoms with van der Waals surface area (Å²) in [6.07, 6.45) is 3.23. The molecule has 1 atom stereocenters. The fourth-order valence-electron chi connectivity index (χ4n) is 1.31. The van der Waals surface area contributed by atoms with Crippen molar-refractivity contribution in [3.8, 4) is 6.07 Å². The quantitative estimate of drug-likeness (QED) is 0.664. The van der Waals surface area contributed by atoms with Crippen LogP contribution in [-0.4, -0.2) is 22.1 Å². The van der Waals surface area contributed by atoms with Gasteiger partial charge in [0.1, 0.15) is 0 Å². The number of hydrogen-bond donors (Lipinski definition) is 1. The largest absolute Gasteiger partial charge is 0.481 e. The van der Waals surface area contributed by atoms with E-state index in [1.165, 1.54) is 0 Å². The van der Waals surface area contributed by atoms with Gasteiger partial charge in [0.15, 0.2) is 0 Å². The first-order chi connectivity index (χ1) is 7.37. The second-order valence-electron chi connectivity index (χ2n) is 4.73. The lowest BCUT2D eigenvalue weighted by atomic mass is 9.89. The molecule has 0 amide bonds. The van der Waals surface area contributed by atoms with E-state index in [1.807, 2.05) is 20.8 Å². The predicted molar refractivity (Wildman–Crippen MR) is 67.4 cm³/mol. The van der Waals surface area contributed by atoms with Crippen molar-refractivity contribution < 1.29 is 9.90 Å². The highest BCUT2D eigenvalue weighted by Gasteiger charge is 2.15. The molecule has 0 rings (SSSR count). The van der Waals surface area contributed by atoms with Crippen LogP contribution in [-0.2, 0) is 4.79 Å². The van der Waals surface area contributed by atoms with Crippen molar-refractivity contribution in [1.82, 2.24) is 0 Å². The average molecular weight is 243 g/mol. The van der Waals surface area contributed by atoms with Crippen LogP contribution < -0.4 is 0 Å². The Morgan fingerprint density at radius 3 is 2.62 bits per heavy atom. The highest BCUT2D eigenvalue weighted by molar-refractivity contribution is 7.99. The van der Waals surface area contributed by atoms with Crippen molar-refractivity contribution in [3.63, 3.8) is 0 Å². The van der Waals surface area contributed by atoms with Crippen molar-refractivity contribution in [2.24, 2.45) is 5.41 Å². The summed E-state index contributed by atoms with van der Waals surface area (Å²) in [7, 11) is 0. The molecule has 0 radical (unpaired) electrons. The van der Waals surface area contributed by atoms with Crippen molar-refractivity contribution in [2.45, 2.75) is 51.7 Å². The van der Waals surface area contributed by atoms with Gasteiger partial charge in [0.05, 0.1) is 17.9 Å². The monoisotopic (exact) mass is 243 g/mol. The first-order valence-corrected chi connectivity index (χ1v) is 6.67. The van der Waals surface area contributed by atoms with E-state index in [4.69, 9.17) is 10.4 Å². The molecule has 0 aliphatic heterocycles. The second-order valence-corrected chi connectivity index (χ2v) is 6.28. The highest BCUT2D eigenvalue weighted by Crippen LogP contribution is 2.23. The summed E-state index contributed by atoms with van der Waals surface area (Å²) in [6.45, 7) is 5.85. The van der Waals surface area contributed by atoms with Crippen molar-refractivity contribution >= 4 is 17.7 Å². The van der Waals surface area contributed by atoms with Gasteiger partial charge < -0.3 is 5.11 Å². The van der Waals surface area contributed by atoms with E-state index in [0.717, 1.165) is 25.0 Å². The Morgan fingerprint density at radius 1 is 1.50 bits per heavy atom. The second kappa shape index (κ2) is 7.56. The molecule has 1 N–H and O–H groups in total. The Bertz CT molecular complexity index is 258. The first kappa shape index (κ1) is 15.3. The highest BCUT2D eigenvalue weighted by atomic mass is 32.2. The minimum absolute atomic E-state index is 0.182. The van der Waals surface area contributed by atoms with Gasteiger partial charge in [-0.1, -0.05) is 13.3 Å². The number of carbonyl (C=O) groups is 1. The average Bonchev–Trinajstić information content (AvgIpc) is 2.16. The van der Waals surface area contributed by atoms with Crippen LogP contribution in [0.3, 0.4) is 0 Å². The van der Waals surface area contributed by atoms with Crippen LogP contribution in [0.25, 0.3) is 0 Å². The Morgan fingerprint density at radius 2 is 2.12 bits per heavy atom. The predicted octanol–water partition coefficient (Wildman–Crippen LogP) is 3.30. The van der Waals surface area contributed by atoms with Gasteiger partial charge in [0.2, 0.25) is 0 Å². The zero-order valence-electron chi connectivity index (χ0n) is 10.3. The molecule has 0 saturated carbocycles. The zero-order chi connectivity index (χ0) is 12.6. The number of carboxylic acid groups (broad SMARTS) is 1. The molecule has 0 aromatic carbocycles. The molecule has 0 aliphatic rings. The van der Waals surface area contributed by atoms with Crippen LogP contribution in [0.1, 0.15) is 46.5 Å². The molecular weight excluding hydrogens is 222 g/mol. The third-order valence-corrected chi connectivity index (χ3v) is 3.62.